The Labute approximate surface area is 101 Å². The van der Waals surface area contributed by atoms with E-state index in [9.17, 15) is 5.11 Å². The molecule has 0 fully saturated rings. The van der Waals surface area contributed by atoms with Gasteiger partial charge in [-0.1, -0.05) is 49.4 Å². The van der Waals surface area contributed by atoms with Crippen LogP contribution < -0.4 is 0 Å². The van der Waals surface area contributed by atoms with Crippen LogP contribution >= 0.6 is 0 Å². The molecule has 0 aromatic heterocycles. The molecule has 0 aliphatic carbocycles. The number of benzene rings is 3. The minimum Gasteiger partial charge on any atom is -0.507 e. The maximum atomic E-state index is 10.2. The Morgan fingerprint density at radius 1 is 0.824 bits per heavy atom. The van der Waals surface area contributed by atoms with E-state index in [0.717, 1.165) is 27.1 Å². The van der Waals surface area contributed by atoms with Crippen LogP contribution in [0.4, 0.5) is 0 Å². The Kier molecular flexibility index (Phi) is 2.76. The molecule has 0 amide bonds. The minimum atomic E-state index is 0. The summed E-state index contributed by atoms with van der Waals surface area (Å²) in [4.78, 5) is 0. The van der Waals surface area contributed by atoms with Gasteiger partial charge in [-0.05, 0) is 29.8 Å². The molecule has 86 valence electrons. The first-order valence-corrected chi connectivity index (χ1v) is 5.37. The average Bonchev–Trinajstić information content (AvgIpc) is 2.31. The Morgan fingerprint density at radius 3 is 2.35 bits per heavy atom. The molecule has 0 radical (unpaired) electrons. The Balaban J connectivity index is 0.00000108. The first-order chi connectivity index (χ1) is 7.75. The van der Waals surface area contributed by atoms with Gasteiger partial charge in [0.25, 0.3) is 0 Å². The van der Waals surface area contributed by atoms with Gasteiger partial charge in [-0.15, -0.1) is 0 Å². The van der Waals surface area contributed by atoms with E-state index >= 15 is 0 Å². The van der Waals surface area contributed by atoms with Gasteiger partial charge in [0.2, 0.25) is 0 Å². The first-order valence-electron chi connectivity index (χ1n) is 5.37. The molecule has 0 heterocycles. The number of hydrogen-bond acceptors (Lipinski definition) is 1. The van der Waals surface area contributed by atoms with Crippen LogP contribution in [0.25, 0.3) is 21.5 Å². The molecule has 3 aromatic rings. The summed E-state index contributed by atoms with van der Waals surface area (Å²) in [7, 11) is 0. The van der Waals surface area contributed by atoms with Crippen LogP contribution in [-0.2, 0) is 0 Å². The molecule has 1 nitrogen and oxygen atoms in total. The second-order valence-electron chi connectivity index (χ2n) is 4.17. The number of phenolic OH excluding ortho intramolecular Hbond substituents is 1. The Morgan fingerprint density at radius 2 is 1.53 bits per heavy atom. The number of phenols is 1. The number of fused-ring (bicyclic) bond motifs is 2. The molecule has 0 aliphatic heterocycles. The summed E-state index contributed by atoms with van der Waals surface area (Å²) in [6.07, 6.45) is 0. The summed E-state index contributed by atoms with van der Waals surface area (Å²) in [5, 5.41) is 14.2. The predicted octanol–water partition coefficient (Wildman–Crippen LogP) is 4.64. The normalized spacial score (nSPS) is 10.4. The lowest BCUT2D eigenvalue weighted by Crippen LogP contribution is -1.80. The maximum absolute atomic E-state index is 10.2. The van der Waals surface area contributed by atoms with Gasteiger partial charge in [0.15, 0.2) is 0 Å². The number of hydrogen-bond donors (Lipinski definition) is 1. The van der Waals surface area contributed by atoms with Crippen molar-refractivity contribution in [1.82, 2.24) is 0 Å². The van der Waals surface area contributed by atoms with Gasteiger partial charge in [0.1, 0.15) is 5.75 Å². The van der Waals surface area contributed by atoms with E-state index in [1.54, 1.807) is 0 Å². The molecule has 17 heavy (non-hydrogen) atoms. The SMILES string of the molecule is C.Cc1ccc2cc3ccccc3c(O)c2c1. The fourth-order valence-electron chi connectivity index (χ4n) is 2.15. The fourth-order valence-corrected chi connectivity index (χ4v) is 2.15. The van der Waals surface area contributed by atoms with Crippen molar-refractivity contribution < 1.29 is 5.11 Å². The largest absolute Gasteiger partial charge is 0.507 e. The van der Waals surface area contributed by atoms with Crippen molar-refractivity contribution in [3.05, 3.63) is 54.1 Å². The highest BCUT2D eigenvalue weighted by molar-refractivity contribution is 6.05. The summed E-state index contributed by atoms with van der Waals surface area (Å²) in [6, 6.07) is 16.2. The van der Waals surface area contributed by atoms with Crippen LogP contribution in [0.5, 0.6) is 5.75 Å². The van der Waals surface area contributed by atoms with Crippen LogP contribution in [-0.4, -0.2) is 5.11 Å². The van der Waals surface area contributed by atoms with Crippen molar-refractivity contribution in [2.45, 2.75) is 14.4 Å². The first kappa shape index (κ1) is 11.5. The Hall–Kier alpha value is -2.02. The molecule has 0 spiro atoms. The fraction of sp³-hybridized carbons (Fsp3) is 0.125. The van der Waals surface area contributed by atoms with E-state index in [0.29, 0.717) is 5.75 Å². The van der Waals surface area contributed by atoms with Gasteiger partial charge >= 0.3 is 0 Å². The lowest BCUT2D eigenvalue weighted by molar-refractivity contribution is 0.488. The quantitative estimate of drug-likeness (QED) is 0.551. The van der Waals surface area contributed by atoms with Crippen molar-refractivity contribution in [3.63, 3.8) is 0 Å². The average molecular weight is 224 g/mol. The Bertz CT molecular complexity index is 683. The van der Waals surface area contributed by atoms with Gasteiger partial charge in [-0.25, -0.2) is 0 Å². The lowest BCUT2D eigenvalue weighted by atomic mass is 10.0. The molecular formula is C16H16O. The zero-order valence-corrected chi connectivity index (χ0v) is 9.07. The van der Waals surface area contributed by atoms with Crippen LogP contribution in [0.1, 0.15) is 13.0 Å². The smallest absolute Gasteiger partial charge is 0.131 e. The molecule has 3 aromatic carbocycles. The van der Waals surface area contributed by atoms with E-state index in [-0.39, 0.29) is 7.43 Å². The van der Waals surface area contributed by atoms with Gasteiger partial charge < -0.3 is 5.11 Å². The second kappa shape index (κ2) is 4.10. The van der Waals surface area contributed by atoms with Crippen LogP contribution in [0.2, 0.25) is 0 Å². The number of rotatable bonds is 0. The van der Waals surface area contributed by atoms with E-state index < -0.39 is 0 Å². The zero-order chi connectivity index (χ0) is 11.1. The highest BCUT2D eigenvalue weighted by Crippen LogP contribution is 2.33. The van der Waals surface area contributed by atoms with Crippen molar-refractivity contribution in [2.24, 2.45) is 0 Å². The van der Waals surface area contributed by atoms with Gasteiger partial charge in [-0.3, -0.25) is 0 Å². The summed E-state index contributed by atoms with van der Waals surface area (Å²) in [6.45, 7) is 2.04. The molecule has 0 bridgehead atoms. The van der Waals surface area contributed by atoms with Gasteiger partial charge in [0.05, 0.1) is 0 Å². The molecule has 0 saturated heterocycles. The summed E-state index contributed by atoms with van der Waals surface area (Å²) < 4.78 is 0. The molecular weight excluding hydrogens is 208 g/mol. The van der Waals surface area contributed by atoms with Crippen molar-refractivity contribution in [1.29, 1.82) is 0 Å². The minimum absolute atomic E-state index is 0. The third-order valence-corrected chi connectivity index (χ3v) is 2.99. The predicted molar refractivity (Wildman–Crippen MR) is 74.6 cm³/mol. The van der Waals surface area contributed by atoms with E-state index in [4.69, 9.17) is 0 Å². The van der Waals surface area contributed by atoms with E-state index in [2.05, 4.69) is 18.2 Å². The van der Waals surface area contributed by atoms with Crippen LogP contribution in [0.15, 0.2) is 48.5 Å². The molecule has 0 aliphatic rings. The lowest BCUT2D eigenvalue weighted by Gasteiger charge is -2.06. The van der Waals surface area contributed by atoms with E-state index in [1.807, 2.05) is 37.3 Å². The topological polar surface area (TPSA) is 20.2 Å². The third kappa shape index (κ3) is 1.74. The molecule has 0 unspecified atom stereocenters. The van der Waals surface area contributed by atoms with Gasteiger partial charge in [-0.2, -0.15) is 0 Å². The summed E-state index contributed by atoms with van der Waals surface area (Å²) in [5.41, 5.74) is 1.16. The summed E-state index contributed by atoms with van der Waals surface area (Å²) in [5.74, 6) is 0.386. The molecule has 1 heteroatoms. The van der Waals surface area contributed by atoms with Crippen LogP contribution in [0.3, 0.4) is 0 Å². The van der Waals surface area contributed by atoms with Crippen molar-refractivity contribution in [2.75, 3.05) is 0 Å². The zero-order valence-electron chi connectivity index (χ0n) is 9.07. The molecule has 1 N–H and O–H groups in total. The monoisotopic (exact) mass is 224 g/mol. The van der Waals surface area contributed by atoms with Crippen LogP contribution in [0, 0.1) is 6.92 Å². The van der Waals surface area contributed by atoms with Gasteiger partial charge in [0, 0.05) is 10.8 Å². The highest BCUT2D eigenvalue weighted by Gasteiger charge is 2.05. The molecule has 3 rings (SSSR count). The molecule has 0 saturated carbocycles. The summed E-state index contributed by atoms with van der Waals surface area (Å²) >= 11 is 0. The number of aryl methyl sites for hydroxylation is 1. The van der Waals surface area contributed by atoms with Crippen molar-refractivity contribution >= 4 is 21.5 Å². The second-order valence-corrected chi connectivity index (χ2v) is 4.17. The van der Waals surface area contributed by atoms with Crippen molar-refractivity contribution in [3.8, 4) is 5.75 Å². The number of aromatic hydroxyl groups is 1. The molecule has 0 atom stereocenters. The van der Waals surface area contributed by atoms with E-state index in [1.165, 1.54) is 0 Å². The highest BCUT2D eigenvalue weighted by atomic mass is 16.3. The maximum Gasteiger partial charge on any atom is 0.131 e. The third-order valence-electron chi connectivity index (χ3n) is 2.99. The standard InChI is InChI=1S/C15H12O.CH4/c1-10-6-7-12-9-11-4-2-3-5-13(11)15(16)14(12)8-10;/h2-9,16H,1H3;1H4.